The molecule has 0 unspecified atom stereocenters. The first-order chi connectivity index (χ1) is 15.6. The normalized spacial score (nSPS) is 15.5. The summed E-state index contributed by atoms with van der Waals surface area (Å²) in [7, 11) is 3.17. The number of carbonyl (C=O) groups is 1. The van der Waals surface area contributed by atoms with Crippen molar-refractivity contribution in [3.63, 3.8) is 0 Å². The smallest absolute Gasteiger partial charge is 0.322 e. The minimum absolute atomic E-state index is 0.0413. The molecule has 2 aromatic carbocycles. The number of benzene rings is 2. The molecular formula is C24H27N3O5. The summed E-state index contributed by atoms with van der Waals surface area (Å²) in [6.45, 7) is 1.26. The van der Waals surface area contributed by atoms with E-state index in [-0.39, 0.29) is 24.2 Å². The van der Waals surface area contributed by atoms with Crippen LogP contribution in [-0.2, 0) is 11.3 Å². The molecule has 0 saturated carbocycles. The lowest BCUT2D eigenvalue weighted by Crippen LogP contribution is -2.40. The van der Waals surface area contributed by atoms with E-state index < -0.39 is 0 Å². The molecule has 0 bridgehead atoms. The average Bonchev–Trinajstić information content (AvgIpc) is 3.32. The van der Waals surface area contributed by atoms with E-state index in [1.165, 1.54) is 0 Å². The maximum atomic E-state index is 13.1. The van der Waals surface area contributed by atoms with Crippen LogP contribution in [0.1, 0.15) is 18.4 Å². The van der Waals surface area contributed by atoms with Crippen molar-refractivity contribution in [1.82, 2.24) is 9.88 Å². The van der Waals surface area contributed by atoms with Crippen molar-refractivity contribution in [1.29, 1.82) is 0 Å². The number of fused-ring (bicyclic) bond motifs is 1. The molecule has 8 nitrogen and oxygen atoms in total. The summed E-state index contributed by atoms with van der Waals surface area (Å²) in [6, 6.07) is 14.1. The lowest BCUT2D eigenvalue weighted by molar-refractivity contribution is 0.0818. The van der Waals surface area contributed by atoms with Crippen LogP contribution in [0.25, 0.3) is 10.9 Å². The van der Waals surface area contributed by atoms with Gasteiger partial charge in [-0.15, -0.1) is 0 Å². The Morgan fingerprint density at radius 3 is 2.56 bits per heavy atom. The zero-order valence-electron chi connectivity index (χ0n) is 18.2. The molecule has 168 valence electrons. The molecule has 2 heterocycles. The summed E-state index contributed by atoms with van der Waals surface area (Å²) in [5.41, 5.74) is 1.60. The van der Waals surface area contributed by atoms with Gasteiger partial charge in [-0.3, -0.25) is 4.79 Å². The number of hydrogen-bond donors (Lipinski definition) is 2. The largest absolute Gasteiger partial charge is 0.497 e. The number of amides is 2. The second-order valence-corrected chi connectivity index (χ2v) is 7.75. The Hall–Kier alpha value is -3.52. The van der Waals surface area contributed by atoms with E-state index in [1.54, 1.807) is 49.5 Å². The predicted molar refractivity (Wildman–Crippen MR) is 123 cm³/mol. The number of aromatic nitrogens is 1. The molecule has 0 spiro atoms. The van der Waals surface area contributed by atoms with Gasteiger partial charge in [0.2, 0.25) is 0 Å². The Balaban J connectivity index is 1.57. The van der Waals surface area contributed by atoms with Gasteiger partial charge < -0.3 is 29.4 Å². The van der Waals surface area contributed by atoms with Crippen molar-refractivity contribution >= 4 is 22.6 Å². The number of nitrogens with one attached hydrogen (secondary N) is 2. The third-order valence-corrected chi connectivity index (χ3v) is 5.57. The molecule has 0 radical (unpaired) electrons. The molecule has 1 fully saturated rings. The summed E-state index contributed by atoms with van der Waals surface area (Å²) in [6.07, 6.45) is 1.82. The van der Waals surface area contributed by atoms with Crippen LogP contribution >= 0.6 is 0 Å². The van der Waals surface area contributed by atoms with E-state index in [0.717, 1.165) is 18.2 Å². The van der Waals surface area contributed by atoms with Crippen LogP contribution in [0, 0.1) is 0 Å². The average molecular weight is 437 g/mol. The molecule has 32 heavy (non-hydrogen) atoms. The second-order valence-electron chi connectivity index (χ2n) is 7.75. The number of nitrogens with zero attached hydrogens (tertiary/aromatic N) is 1. The van der Waals surface area contributed by atoms with Crippen LogP contribution < -0.4 is 20.3 Å². The van der Waals surface area contributed by atoms with Gasteiger partial charge in [0.25, 0.3) is 5.56 Å². The molecule has 1 aliphatic heterocycles. The van der Waals surface area contributed by atoms with Crippen LogP contribution in [0.3, 0.4) is 0 Å². The van der Waals surface area contributed by atoms with E-state index in [4.69, 9.17) is 14.2 Å². The topological polar surface area (TPSA) is 92.9 Å². The molecular weight excluding hydrogens is 410 g/mol. The monoisotopic (exact) mass is 437 g/mol. The quantitative estimate of drug-likeness (QED) is 0.587. The van der Waals surface area contributed by atoms with Gasteiger partial charge in [0, 0.05) is 30.5 Å². The summed E-state index contributed by atoms with van der Waals surface area (Å²) in [5, 5.41) is 3.77. The molecule has 1 saturated heterocycles. The first-order valence-corrected chi connectivity index (χ1v) is 10.6. The maximum Gasteiger partial charge on any atom is 0.322 e. The fraction of sp³-hybridized carbons (Fsp3) is 0.333. The van der Waals surface area contributed by atoms with Crippen LogP contribution in [-0.4, -0.2) is 49.4 Å². The summed E-state index contributed by atoms with van der Waals surface area (Å²) < 4.78 is 16.1. The molecule has 0 aliphatic carbocycles. The lowest BCUT2D eigenvalue weighted by Gasteiger charge is -2.26. The number of urea groups is 1. The highest BCUT2D eigenvalue weighted by molar-refractivity contribution is 5.89. The number of aromatic amines is 1. The predicted octanol–water partition coefficient (Wildman–Crippen LogP) is 3.76. The van der Waals surface area contributed by atoms with Crippen LogP contribution in [0.15, 0.2) is 53.3 Å². The van der Waals surface area contributed by atoms with E-state index in [9.17, 15) is 9.59 Å². The van der Waals surface area contributed by atoms with Gasteiger partial charge in [0.1, 0.15) is 11.5 Å². The number of pyridine rings is 1. The molecule has 1 aromatic heterocycles. The van der Waals surface area contributed by atoms with Gasteiger partial charge in [0.05, 0.1) is 32.4 Å². The Bertz CT molecular complexity index is 1140. The number of anilines is 1. The first-order valence-electron chi connectivity index (χ1n) is 10.6. The molecule has 1 atom stereocenters. The van der Waals surface area contributed by atoms with Crippen molar-refractivity contribution < 1.29 is 19.0 Å². The fourth-order valence-corrected chi connectivity index (χ4v) is 3.81. The van der Waals surface area contributed by atoms with Crippen molar-refractivity contribution in [3.05, 3.63) is 64.4 Å². The highest BCUT2D eigenvalue weighted by atomic mass is 16.5. The minimum atomic E-state index is -0.292. The van der Waals surface area contributed by atoms with Crippen molar-refractivity contribution in [2.45, 2.75) is 25.5 Å². The summed E-state index contributed by atoms with van der Waals surface area (Å²) in [4.78, 5) is 30.4. The third kappa shape index (κ3) is 5.03. The third-order valence-electron chi connectivity index (χ3n) is 5.57. The number of hydrogen-bond acceptors (Lipinski definition) is 5. The Labute approximate surface area is 186 Å². The van der Waals surface area contributed by atoms with E-state index in [0.29, 0.717) is 41.4 Å². The molecule has 4 rings (SSSR count). The number of rotatable bonds is 7. The molecule has 1 aliphatic rings. The fourth-order valence-electron chi connectivity index (χ4n) is 3.81. The van der Waals surface area contributed by atoms with E-state index >= 15 is 0 Å². The number of methoxy groups -OCH3 is 2. The summed E-state index contributed by atoms with van der Waals surface area (Å²) >= 11 is 0. The first kappa shape index (κ1) is 21.7. The van der Waals surface area contributed by atoms with Crippen LogP contribution in [0.5, 0.6) is 11.5 Å². The van der Waals surface area contributed by atoms with Gasteiger partial charge in [-0.05, 0) is 60.7 Å². The van der Waals surface area contributed by atoms with Crippen molar-refractivity contribution in [3.8, 4) is 11.5 Å². The van der Waals surface area contributed by atoms with Gasteiger partial charge in [-0.1, -0.05) is 0 Å². The zero-order chi connectivity index (χ0) is 22.5. The zero-order valence-corrected chi connectivity index (χ0v) is 18.2. The standard InChI is InChI=1S/C24H27N3O5/c1-30-19-9-6-18(7-10-19)25-24(29)27(15-21-4-3-11-32-21)14-17-12-16-5-8-20(31-2)13-22(16)26-23(17)28/h5-10,12-13,21H,3-4,11,14-15H2,1-2H3,(H,25,29)(H,26,28)/t21-/m0/s1. The Morgan fingerprint density at radius 1 is 1.12 bits per heavy atom. The van der Waals surface area contributed by atoms with Crippen molar-refractivity contribution in [2.75, 3.05) is 32.7 Å². The molecule has 2 N–H and O–H groups in total. The highest BCUT2D eigenvalue weighted by Gasteiger charge is 2.24. The second kappa shape index (κ2) is 9.74. The number of H-pyrrole nitrogens is 1. The minimum Gasteiger partial charge on any atom is -0.497 e. The van der Waals surface area contributed by atoms with E-state index in [2.05, 4.69) is 10.3 Å². The highest BCUT2D eigenvalue weighted by Crippen LogP contribution is 2.21. The van der Waals surface area contributed by atoms with Gasteiger partial charge in [-0.2, -0.15) is 0 Å². The number of ether oxygens (including phenoxy) is 3. The molecule has 3 aromatic rings. The Kier molecular flexibility index (Phi) is 6.61. The van der Waals surface area contributed by atoms with Crippen molar-refractivity contribution in [2.24, 2.45) is 0 Å². The van der Waals surface area contributed by atoms with Crippen LogP contribution in [0.2, 0.25) is 0 Å². The SMILES string of the molecule is COc1ccc(NC(=O)N(Cc2cc3ccc(OC)cc3[nH]c2=O)C[C@@H]2CCCO2)cc1. The molecule has 8 heteroatoms. The van der Waals surface area contributed by atoms with E-state index in [1.807, 2.05) is 18.2 Å². The van der Waals surface area contributed by atoms with Crippen LogP contribution in [0.4, 0.5) is 10.5 Å². The number of carbonyl (C=O) groups excluding carboxylic acids is 1. The summed E-state index contributed by atoms with van der Waals surface area (Å²) in [5.74, 6) is 1.37. The Morgan fingerprint density at radius 2 is 1.88 bits per heavy atom. The lowest BCUT2D eigenvalue weighted by atomic mass is 10.1. The maximum absolute atomic E-state index is 13.1. The van der Waals surface area contributed by atoms with Gasteiger partial charge in [-0.25, -0.2) is 4.79 Å². The molecule has 2 amide bonds. The van der Waals surface area contributed by atoms with Gasteiger partial charge in [0.15, 0.2) is 0 Å². The van der Waals surface area contributed by atoms with Gasteiger partial charge >= 0.3 is 6.03 Å².